The lowest BCUT2D eigenvalue weighted by Gasteiger charge is -2.20. The molecule has 2 aromatic rings. The maximum Gasteiger partial charge on any atom is 0.490 e. The van der Waals surface area contributed by atoms with Crippen LogP contribution >= 0.6 is 0 Å². The maximum atomic E-state index is 12.1. The zero-order valence-electron chi connectivity index (χ0n) is 17.2. The first-order valence-corrected chi connectivity index (χ1v) is 9.63. The van der Waals surface area contributed by atoms with Gasteiger partial charge in [0.2, 0.25) is 0 Å². The fourth-order valence-corrected chi connectivity index (χ4v) is 3.32. The summed E-state index contributed by atoms with van der Waals surface area (Å²) < 4.78 is 38.8. The normalized spacial score (nSPS) is 13.9. The minimum Gasteiger partial charge on any atom is -0.497 e. The number of nitrogens with zero attached hydrogens (tertiary/aromatic N) is 2. The summed E-state index contributed by atoms with van der Waals surface area (Å²) in [7, 11) is 1.68. The van der Waals surface area contributed by atoms with Gasteiger partial charge in [-0.2, -0.15) is 13.2 Å². The van der Waals surface area contributed by atoms with Crippen molar-refractivity contribution in [3.8, 4) is 5.75 Å². The summed E-state index contributed by atoms with van der Waals surface area (Å²) in [6.07, 6.45) is -1.42. The lowest BCUT2D eigenvalue weighted by molar-refractivity contribution is -0.192. The van der Waals surface area contributed by atoms with Gasteiger partial charge in [-0.05, 0) is 29.7 Å². The summed E-state index contributed by atoms with van der Waals surface area (Å²) in [5.74, 6) is -1.87. The number of methoxy groups -OCH3 is 1. The summed E-state index contributed by atoms with van der Waals surface area (Å²) in [6, 6.07) is 11.9. The van der Waals surface area contributed by atoms with Crippen molar-refractivity contribution < 1.29 is 27.8 Å². The van der Waals surface area contributed by atoms with E-state index in [1.54, 1.807) is 19.3 Å². The second-order valence-electron chi connectivity index (χ2n) is 6.97. The van der Waals surface area contributed by atoms with Gasteiger partial charge in [0, 0.05) is 44.4 Å². The number of hydrogen-bond acceptors (Lipinski definition) is 4. The lowest BCUT2D eigenvalue weighted by Crippen LogP contribution is -2.27. The van der Waals surface area contributed by atoms with E-state index in [0.717, 1.165) is 38.2 Å². The van der Waals surface area contributed by atoms with Crippen LogP contribution in [0.15, 0.2) is 53.8 Å². The maximum absolute atomic E-state index is 12.1. The van der Waals surface area contributed by atoms with Gasteiger partial charge in [-0.3, -0.25) is 9.69 Å². The third-order valence-corrected chi connectivity index (χ3v) is 4.87. The third-order valence-electron chi connectivity index (χ3n) is 4.87. The number of alkyl halides is 3. The van der Waals surface area contributed by atoms with Crippen molar-refractivity contribution in [1.82, 2.24) is 9.47 Å². The number of allylic oxidation sites excluding steroid dienone is 1. The van der Waals surface area contributed by atoms with Crippen LogP contribution in [0.25, 0.3) is 0 Å². The summed E-state index contributed by atoms with van der Waals surface area (Å²) in [5, 5.41) is 7.12. The quantitative estimate of drug-likeness (QED) is 0.726. The van der Waals surface area contributed by atoms with Crippen LogP contribution < -0.4 is 10.3 Å². The van der Waals surface area contributed by atoms with Crippen molar-refractivity contribution >= 4 is 5.97 Å². The van der Waals surface area contributed by atoms with Gasteiger partial charge in [-0.25, -0.2) is 4.79 Å². The Morgan fingerprint density at radius 2 is 1.77 bits per heavy atom. The van der Waals surface area contributed by atoms with Gasteiger partial charge >= 0.3 is 12.1 Å². The molecule has 31 heavy (non-hydrogen) atoms. The summed E-state index contributed by atoms with van der Waals surface area (Å²) in [5.41, 5.74) is 3.80. The summed E-state index contributed by atoms with van der Waals surface area (Å²) in [6.45, 7) is 7.24. The molecule has 2 heterocycles. The highest BCUT2D eigenvalue weighted by Crippen LogP contribution is 2.18. The van der Waals surface area contributed by atoms with E-state index >= 15 is 0 Å². The minimum atomic E-state index is -5.08. The number of benzene rings is 1. The minimum absolute atomic E-state index is 0.0669. The molecular formula is C22H25F3N2O4. The fraction of sp³-hybridized carbons (Fsp3) is 0.364. The Morgan fingerprint density at radius 1 is 1.16 bits per heavy atom. The first-order valence-electron chi connectivity index (χ1n) is 9.63. The monoisotopic (exact) mass is 438 g/mol. The van der Waals surface area contributed by atoms with E-state index in [9.17, 15) is 18.0 Å². The highest BCUT2D eigenvalue weighted by Gasteiger charge is 2.38. The molecule has 0 amide bonds. The molecule has 0 bridgehead atoms. The molecular weight excluding hydrogens is 413 g/mol. The van der Waals surface area contributed by atoms with Gasteiger partial charge in [0.15, 0.2) is 0 Å². The van der Waals surface area contributed by atoms with Crippen molar-refractivity contribution in [2.45, 2.75) is 32.1 Å². The van der Waals surface area contributed by atoms with E-state index in [1.807, 2.05) is 22.8 Å². The van der Waals surface area contributed by atoms with Crippen molar-refractivity contribution in [3.05, 3.63) is 76.2 Å². The van der Waals surface area contributed by atoms with Gasteiger partial charge in [-0.15, -0.1) is 6.58 Å². The molecule has 1 N–H and O–H groups in total. The Balaban J connectivity index is 0.000000423. The number of rotatable bonds is 5. The van der Waals surface area contributed by atoms with Crippen LogP contribution in [0.4, 0.5) is 13.2 Å². The van der Waals surface area contributed by atoms with E-state index in [1.165, 1.54) is 16.8 Å². The van der Waals surface area contributed by atoms with Crippen molar-refractivity contribution in [1.29, 1.82) is 0 Å². The van der Waals surface area contributed by atoms with E-state index in [4.69, 9.17) is 14.6 Å². The molecule has 6 nitrogen and oxygen atoms in total. The second kappa shape index (κ2) is 10.8. The zero-order chi connectivity index (χ0) is 23.0. The van der Waals surface area contributed by atoms with E-state index in [2.05, 4.69) is 23.6 Å². The molecule has 0 saturated heterocycles. The van der Waals surface area contributed by atoms with Gasteiger partial charge < -0.3 is 14.4 Å². The molecule has 0 spiro atoms. The average Bonchev–Trinajstić information content (AvgIpc) is 2.93. The number of carbonyl (C=O) groups is 1. The van der Waals surface area contributed by atoms with Crippen LogP contribution in [0.3, 0.4) is 0 Å². The smallest absolute Gasteiger partial charge is 0.490 e. The van der Waals surface area contributed by atoms with Crippen molar-refractivity contribution in [2.24, 2.45) is 0 Å². The predicted molar refractivity (Wildman–Crippen MR) is 110 cm³/mol. The van der Waals surface area contributed by atoms with E-state index < -0.39 is 12.1 Å². The molecule has 168 valence electrons. The molecule has 1 aromatic carbocycles. The SMILES string of the molecule is C=CCn1c2c(ccc1=O)CCN(Cc1ccc(OC)cc1)CC2.O=C(O)C(F)(F)F. The number of fused-ring (bicyclic) bond motifs is 1. The van der Waals surface area contributed by atoms with Crippen LogP contribution in [0.5, 0.6) is 5.75 Å². The van der Waals surface area contributed by atoms with Crippen LogP contribution in [-0.4, -0.2) is 46.9 Å². The lowest BCUT2D eigenvalue weighted by atomic mass is 10.1. The van der Waals surface area contributed by atoms with Gasteiger partial charge in [0.05, 0.1) is 7.11 Å². The number of halogens is 3. The molecule has 0 atom stereocenters. The zero-order valence-corrected chi connectivity index (χ0v) is 17.2. The van der Waals surface area contributed by atoms with Gasteiger partial charge in [-0.1, -0.05) is 24.3 Å². The van der Waals surface area contributed by atoms with Crippen molar-refractivity contribution in [3.63, 3.8) is 0 Å². The molecule has 0 saturated carbocycles. The van der Waals surface area contributed by atoms with E-state index in [0.29, 0.717) is 6.54 Å². The van der Waals surface area contributed by atoms with Crippen molar-refractivity contribution in [2.75, 3.05) is 20.2 Å². The first kappa shape index (κ1) is 24.2. The molecule has 9 heteroatoms. The van der Waals surface area contributed by atoms with Gasteiger partial charge in [0.25, 0.3) is 5.56 Å². The molecule has 0 aliphatic carbocycles. The molecule has 3 rings (SSSR count). The number of aromatic nitrogens is 1. The average molecular weight is 438 g/mol. The highest BCUT2D eigenvalue weighted by atomic mass is 19.4. The summed E-state index contributed by atoms with van der Waals surface area (Å²) >= 11 is 0. The predicted octanol–water partition coefficient (Wildman–Crippen LogP) is 3.28. The Morgan fingerprint density at radius 3 is 2.32 bits per heavy atom. The molecule has 1 aliphatic rings. The highest BCUT2D eigenvalue weighted by molar-refractivity contribution is 5.73. The molecule has 1 aliphatic heterocycles. The molecule has 0 radical (unpaired) electrons. The number of aliphatic carboxylic acids is 1. The largest absolute Gasteiger partial charge is 0.497 e. The number of ether oxygens (including phenoxy) is 1. The Kier molecular flexibility index (Phi) is 8.44. The number of carboxylic acids is 1. The van der Waals surface area contributed by atoms with Crippen LogP contribution in [0, 0.1) is 0 Å². The Hall–Kier alpha value is -3.07. The van der Waals surface area contributed by atoms with Gasteiger partial charge in [0.1, 0.15) is 5.75 Å². The molecule has 0 unspecified atom stereocenters. The van der Waals surface area contributed by atoms with Crippen LogP contribution in [-0.2, 0) is 30.7 Å². The Bertz CT molecular complexity index is 953. The van der Waals surface area contributed by atoms with E-state index in [-0.39, 0.29) is 5.56 Å². The molecule has 1 aromatic heterocycles. The Labute approximate surface area is 178 Å². The topological polar surface area (TPSA) is 71.8 Å². The van der Waals surface area contributed by atoms with Crippen LogP contribution in [0.1, 0.15) is 16.8 Å². The number of carboxylic acid groups (broad SMARTS) is 1. The third kappa shape index (κ3) is 6.99. The molecule has 0 fully saturated rings. The number of hydrogen-bond donors (Lipinski definition) is 1. The standard InChI is InChI=1S/C20H24N2O2.C2HF3O2/c1-3-12-22-19-11-14-21(13-10-17(19)6-9-20(22)23)15-16-4-7-18(24-2)8-5-16;3-2(4,5)1(6)7/h3-9H,1,10-15H2,2H3;(H,6,7). The number of pyridine rings is 1. The first-order chi connectivity index (χ1) is 14.7. The fourth-order valence-electron chi connectivity index (χ4n) is 3.32. The second-order valence-corrected chi connectivity index (χ2v) is 6.97. The summed E-state index contributed by atoms with van der Waals surface area (Å²) in [4.78, 5) is 23.5. The van der Waals surface area contributed by atoms with Crippen LogP contribution in [0.2, 0.25) is 0 Å².